The van der Waals surface area contributed by atoms with Gasteiger partial charge in [-0.05, 0) is 64.7 Å². The topological polar surface area (TPSA) is 21.3 Å². The van der Waals surface area contributed by atoms with Crippen molar-refractivity contribution in [2.45, 2.75) is 26.8 Å². The minimum absolute atomic E-state index is 0.249. The summed E-state index contributed by atoms with van der Waals surface area (Å²) >= 11 is 3.20. The van der Waals surface area contributed by atoms with Crippen molar-refractivity contribution in [1.82, 2.24) is 0 Å². The molecule has 0 fully saturated rings. The average molecular weight is 352 g/mol. The van der Waals surface area contributed by atoms with Crippen molar-refractivity contribution >= 4 is 21.6 Å². The number of aryl methyl sites for hydroxylation is 1. The molecule has 0 unspecified atom stereocenters. The van der Waals surface area contributed by atoms with Crippen LogP contribution in [0, 0.1) is 12.7 Å². The van der Waals surface area contributed by atoms with E-state index in [1.807, 2.05) is 25.1 Å². The van der Waals surface area contributed by atoms with Crippen LogP contribution in [0.1, 0.15) is 24.5 Å². The van der Waals surface area contributed by atoms with Gasteiger partial charge in [-0.15, -0.1) is 0 Å². The van der Waals surface area contributed by atoms with Gasteiger partial charge in [0.2, 0.25) is 0 Å². The summed E-state index contributed by atoms with van der Waals surface area (Å²) < 4.78 is 19.5. The third kappa shape index (κ3) is 4.46. The molecule has 1 N–H and O–H groups in total. The summed E-state index contributed by atoms with van der Waals surface area (Å²) in [7, 11) is 0. The predicted octanol–water partition coefficient (Wildman–Crippen LogP) is 5.30. The Hall–Kier alpha value is -1.55. The van der Waals surface area contributed by atoms with E-state index in [1.54, 1.807) is 12.1 Å². The molecule has 0 aliphatic rings. The number of ether oxygens (including phenoxy) is 1. The minimum atomic E-state index is -0.249. The Labute approximate surface area is 133 Å². The highest BCUT2D eigenvalue weighted by Gasteiger charge is 2.05. The highest BCUT2D eigenvalue weighted by atomic mass is 79.9. The number of hydrogen-bond acceptors (Lipinski definition) is 2. The fourth-order valence-corrected chi connectivity index (χ4v) is 2.38. The molecule has 0 amide bonds. The van der Waals surface area contributed by atoms with Crippen LogP contribution in [-0.4, -0.2) is 6.61 Å². The summed E-state index contributed by atoms with van der Waals surface area (Å²) in [5.74, 6) is 0.610. The Bertz CT molecular complexity index is 616. The van der Waals surface area contributed by atoms with Gasteiger partial charge in [-0.1, -0.05) is 19.1 Å². The molecule has 0 aliphatic carbocycles. The monoisotopic (exact) mass is 351 g/mol. The van der Waals surface area contributed by atoms with Crippen molar-refractivity contribution in [3.05, 3.63) is 57.8 Å². The van der Waals surface area contributed by atoms with Crippen LogP contribution in [0.2, 0.25) is 0 Å². The molecule has 0 saturated carbocycles. The smallest absolute Gasteiger partial charge is 0.142 e. The van der Waals surface area contributed by atoms with Crippen LogP contribution < -0.4 is 10.1 Å². The highest BCUT2D eigenvalue weighted by Crippen LogP contribution is 2.27. The third-order valence-corrected chi connectivity index (χ3v) is 3.67. The summed E-state index contributed by atoms with van der Waals surface area (Å²) in [6.07, 6.45) is 0.971. The maximum absolute atomic E-state index is 13.2. The van der Waals surface area contributed by atoms with Crippen molar-refractivity contribution in [2.24, 2.45) is 0 Å². The van der Waals surface area contributed by atoms with Gasteiger partial charge in [-0.3, -0.25) is 0 Å². The Morgan fingerprint density at radius 1 is 1.19 bits per heavy atom. The molecular weight excluding hydrogens is 333 g/mol. The first-order chi connectivity index (χ1) is 10.1. The first-order valence-electron chi connectivity index (χ1n) is 7.01. The van der Waals surface area contributed by atoms with Gasteiger partial charge in [0.25, 0.3) is 0 Å². The normalized spacial score (nSPS) is 10.5. The van der Waals surface area contributed by atoms with E-state index < -0.39 is 0 Å². The zero-order valence-electron chi connectivity index (χ0n) is 12.2. The highest BCUT2D eigenvalue weighted by molar-refractivity contribution is 9.10. The molecule has 2 rings (SSSR count). The van der Waals surface area contributed by atoms with Crippen LogP contribution in [0.15, 0.2) is 40.9 Å². The summed E-state index contributed by atoms with van der Waals surface area (Å²) in [6.45, 7) is 5.43. The summed E-state index contributed by atoms with van der Waals surface area (Å²) in [5, 5.41) is 3.34. The number of hydrogen-bond donors (Lipinski definition) is 1. The van der Waals surface area contributed by atoms with Gasteiger partial charge < -0.3 is 10.1 Å². The largest absolute Gasteiger partial charge is 0.491 e. The quantitative estimate of drug-likeness (QED) is 0.762. The van der Waals surface area contributed by atoms with Gasteiger partial charge in [0.15, 0.2) is 0 Å². The molecule has 4 heteroatoms. The van der Waals surface area contributed by atoms with E-state index in [2.05, 4.69) is 28.2 Å². The second-order valence-electron chi connectivity index (χ2n) is 4.95. The molecule has 2 aromatic rings. The Morgan fingerprint density at radius 3 is 2.71 bits per heavy atom. The van der Waals surface area contributed by atoms with Crippen molar-refractivity contribution < 1.29 is 9.13 Å². The van der Waals surface area contributed by atoms with Crippen LogP contribution in [0.4, 0.5) is 10.1 Å². The molecule has 0 spiro atoms. The average Bonchev–Trinajstić information content (AvgIpc) is 2.47. The van der Waals surface area contributed by atoms with Crippen LogP contribution in [0.25, 0.3) is 0 Å². The first-order valence-corrected chi connectivity index (χ1v) is 7.80. The second-order valence-corrected chi connectivity index (χ2v) is 5.80. The summed E-state index contributed by atoms with van der Waals surface area (Å²) in [5.41, 5.74) is 3.12. The molecule has 0 radical (unpaired) electrons. The summed E-state index contributed by atoms with van der Waals surface area (Å²) in [4.78, 5) is 0. The lowest BCUT2D eigenvalue weighted by Gasteiger charge is -2.14. The van der Waals surface area contributed by atoms with Gasteiger partial charge in [0, 0.05) is 6.54 Å². The third-order valence-electron chi connectivity index (χ3n) is 3.07. The van der Waals surface area contributed by atoms with E-state index in [0.29, 0.717) is 17.6 Å². The number of anilines is 1. The summed E-state index contributed by atoms with van der Waals surface area (Å²) in [6, 6.07) is 11.1. The SMILES string of the molecule is CCCOc1cc(C)ccc1NCc1ccc(F)c(Br)c1. The van der Waals surface area contributed by atoms with Gasteiger partial charge in [0.1, 0.15) is 11.6 Å². The van der Waals surface area contributed by atoms with Gasteiger partial charge in [-0.2, -0.15) is 0 Å². The molecule has 0 bridgehead atoms. The Balaban J connectivity index is 2.09. The number of halogens is 2. The maximum atomic E-state index is 13.2. The number of benzene rings is 2. The van der Waals surface area contributed by atoms with Crippen LogP contribution in [-0.2, 0) is 6.54 Å². The van der Waals surface area contributed by atoms with E-state index in [4.69, 9.17) is 4.74 Å². The lowest BCUT2D eigenvalue weighted by atomic mass is 10.2. The molecule has 0 aromatic heterocycles. The van der Waals surface area contributed by atoms with Crippen molar-refractivity contribution in [1.29, 1.82) is 0 Å². The predicted molar refractivity (Wildman–Crippen MR) is 88.4 cm³/mol. The molecule has 0 heterocycles. The minimum Gasteiger partial charge on any atom is -0.491 e. The fourth-order valence-electron chi connectivity index (χ4n) is 1.95. The Kier molecular flexibility index (Phi) is 5.62. The molecular formula is C17H19BrFNO. The number of nitrogens with one attached hydrogen (secondary N) is 1. The first kappa shape index (κ1) is 15.8. The van der Waals surface area contributed by atoms with Crippen molar-refractivity contribution in [2.75, 3.05) is 11.9 Å². The van der Waals surface area contributed by atoms with E-state index in [9.17, 15) is 4.39 Å². The van der Waals surface area contributed by atoms with Crippen LogP contribution in [0.3, 0.4) is 0 Å². The van der Waals surface area contributed by atoms with Crippen LogP contribution in [0.5, 0.6) is 5.75 Å². The van der Waals surface area contributed by atoms with Crippen LogP contribution >= 0.6 is 15.9 Å². The number of rotatable bonds is 6. The lowest BCUT2D eigenvalue weighted by molar-refractivity contribution is 0.318. The van der Waals surface area contributed by atoms with E-state index in [-0.39, 0.29) is 5.82 Å². The zero-order chi connectivity index (χ0) is 15.2. The van der Waals surface area contributed by atoms with Gasteiger partial charge in [0.05, 0.1) is 16.8 Å². The molecule has 0 atom stereocenters. The standard InChI is InChI=1S/C17H19BrFNO/c1-3-8-21-17-9-12(2)4-7-16(17)20-11-13-5-6-15(19)14(18)10-13/h4-7,9-10,20H,3,8,11H2,1-2H3. The van der Waals surface area contributed by atoms with Gasteiger partial charge >= 0.3 is 0 Å². The van der Waals surface area contributed by atoms with E-state index in [1.165, 1.54) is 6.07 Å². The van der Waals surface area contributed by atoms with Crippen molar-refractivity contribution in [3.8, 4) is 5.75 Å². The molecule has 2 aromatic carbocycles. The van der Waals surface area contributed by atoms with Gasteiger partial charge in [-0.25, -0.2) is 4.39 Å². The molecule has 21 heavy (non-hydrogen) atoms. The second kappa shape index (κ2) is 7.46. The zero-order valence-corrected chi connectivity index (χ0v) is 13.8. The molecule has 0 saturated heterocycles. The lowest BCUT2D eigenvalue weighted by Crippen LogP contribution is -2.04. The molecule has 0 aliphatic heterocycles. The van der Waals surface area contributed by atoms with E-state index >= 15 is 0 Å². The molecule has 112 valence electrons. The fraction of sp³-hybridized carbons (Fsp3) is 0.294. The van der Waals surface area contributed by atoms with E-state index in [0.717, 1.165) is 29.0 Å². The molecule has 2 nitrogen and oxygen atoms in total. The maximum Gasteiger partial charge on any atom is 0.142 e. The van der Waals surface area contributed by atoms with Crippen molar-refractivity contribution in [3.63, 3.8) is 0 Å². The Morgan fingerprint density at radius 2 is 2.00 bits per heavy atom.